The summed E-state index contributed by atoms with van der Waals surface area (Å²) in [5.41, 5.74) is 1.31. The minimum Gasteiger partial charge on any atom is -0.287 e. The van der Waals surface area contributed by atoms with Crippen LogP contribution in [0.3, 0.4) is 0 Å². The van der Waals surface area contributed by atoms with Crippen molar-refractivity contribution in [2.75, 3.05) is 13.2 Å². The average molecular weight is 324 g/mol. The molecule has 0 aliphatic rings. The van der Waals surface area contributed by atoms with Gasteiger partial charge in [0.1, 0.15) is 6.10 Å². The monoisotopic (exact) mass is 324 g/mol. The predicted molar refractivity (Wildman–Crippen MR) is 88.6 cm³/mol. The van der Waals surface area contributed by atoms with Crippen LogP contribution in [-0.4, -0.2) is 19.3 Å². The molecule has 0 amide bonds. The zero-order chi connectivity index (χ0) is 16.3. The zero-order valence-corrected chi connectivity index (χ0v) is 14.5. The molecule has 0 saturated carbocycles. The first-order valence-corrected chi connectivity index (χ1v) is 9.15. The van der Waals surface area contributed by atoms with E-state index >= 15 is 0 Å². The molecule has 0 aliphatic heterocycles. The van der Waals surface area contributed by atoms with Gasteiger partial charge in [-0.1, -0.05) is 36.3 Å². The van der Waals surface area contributed by atoms with Crippen LogP contribution in [0.2, 0.25) is 0 Å². The summed E-state index contributed by atoms with van der Waals surface area (Å²) in [5, 5.41) is 0. The van der Waals surface area contributed by atoms with Crippen LogP contribution in [0.1, 0.15) is 39.2 Å². The SMILES string of the molecule is CCOP(=O)(OCC)OC(C)C#CCCCc1ccccc1. The van der Waals surface area contributed by atoms with E-state index in [1.54, 1.807) is 20.8 Å². The van der Waals surface area contributed by atoms with Crippen LogP contribution in [0.15, 0.2) is 30.3 Å². The van der Waals surface area contributed by atoms with Gasteiger partial charge in [-0.05, 0) is 39.2 Å². The Bertz CT molecular complexity index is 508. The van der Waals surface area contributed by atoms with Crippen LogP contribution < -0.4 is 0 Å². The molecule has 1 aromatic rings. The Kier molecular flexibility index (Phi) is 9.11. The first kappa shape index (κ1) is 18.9. The van der Waals surface area contributed by atoms with Crippen molar-refractivity contribution < 1.29 is 18.1 Å². The van der Waals surface area contributed by atoms with Gasteiger partial charge in [0, 0.05) is 6.42 Å². The van der Waals surface area contributed by atoms with Crippen molar-refractivity contribution in [2.24, 2.45) is 0 Å². The van der Waals surface area contributed by atoms with E-state index in [0.29, 0.717) is 0 Å². The number of aryl methyl sites for hydroxylation is 1. The van der Waals surface area contributed by atoms with E-state index in [-0.39, 0.29) is 13.2 Å². The van der Waals surface area contributed by atoms with Crippen LogP contribution >= 0.6 is 7.82 Å². The van der Waals surface area contributed by atoms with Crippen molar-refractivity contribution in [3.8, 4) is 11.8 Å². The number of phosphoric ester groups is 1. The second-order valence-electron chi connectivity index (χ2n) is 4.69. The lowest BCUT2D eigenvalue weighted by Crippen LogP contribution is -2.07. The zero-order valence-electron chi connectivity index (χ0n) is 13.6. The normalized spacial score (nSPS) is 12.5. The van der Waals surface area contributed by atoms with Gasteiger partial charge in [0.05, 0.1) is 13.2 Å². The van der Waals surface area contributed by atoms with Gasteiger partial charge in [-0.3, -0.25) is 13.6 Å². The van der Waals surface area contributed by atoms with Crippen LogP contribution in [0.25, 0.3) is 0 Å². The summed E-state index contributed by atoms with van der Waals surface area (Å²) in [6, 6.07) is 10.3. The molecule has 0 bridgehead atoms. The first-order valence-electron chi connectivity index (χ1n) is 7.69. The third-order valence-electron chi connectivity index (χ3n) is 2.78. The first-order chi connectivity index (χ1) is 10.6. The lowest BCUT2D eigenvalue weighted by molar-refractivity contribution is 0.109. The summed E-state index contributed by atoms with van der Waals surface area (Å²) >= 11 is 0. The summed E-state index contributed by atoms with van der Waals surface area (Å²) in [4.78, 5) is 0. The molecular formula is C17H25O4P. The number of unbranched alkanes of at least 4 members (excludes halogenated alkanes) is 1. The number of benzene rings is 1. The highest BCUT2D eigenvalue weighted by Crippen LogP contribution is 2.50. The van der Waals surface area contributed by atoms with Crippen molar-refractivity contribution in [3.63, 3.8) is 0 Å². The standard InChI is InChI=1S/C17H25O4P/c1-4-19-22(18,20-5-2)21-16(3)12-8-6-9-13-17-14-10-7-11-15-17/h7,10-11,14-16H,4-6,9,13H2,1-3H3. The lowest BCUT2D eigenvalue weighted by Gasteiger charge is -2.17. The van der Waals surface area contributed by atoms with E-state index < -0.39 is 13.9 Å². The van der Waals surface area contributed by atoms with Gasteiger partial charge < -0.3 is 0 Å². The van der Waals surface area contributed by atoms with E-state index in [2.05, 4.69) is 24.0 Å². The van der Waals surface area contributed by atoms with Gasteiger partial charge in [0.25, 0.3) is 0 Å². The molecule has 0 fully saturated rings. The molecule has 0 aliphatic carbocycles. The van der Waals surface area contributed by atoms with E-state index in [1.165, 1.54) is 5.56 Å². The smallest absolute Gasteiger partial charge is 0.287 e. The van der Waals surface area contributed by atoms with Crippen LogP contribution in [0.5, 0.6) is 0 Å². The molecule has 0 aromatic heterocycles. The Morgan fingerprint density at radius 1 is 1.14 bits per heavy atom. The van der Waals surface area contributed by atoms with E-state index in [4.69, 9.17) is 13.6 Å². The summed E-state index contributed by atoms with van der Waals surface area (Å²) in [6.45, 7) is 5.78. The molecule has 4 nitrogen and oxygen atoms in total. The van der Waals surface area contributed by atoms with Gasteiger partial charge in [-0.25, -0.2) is 4.57 Å². The second kappa shape index (κ2) is 10.6. The molecule has 0 radical (unpaired) electrons. The van der Waals surface area contributed by atoms with Gasteiger partial charge in [0.15, 0.2) is 0 Å². The fraction of sp³-hybridized carbons (Fsp3) is 0.529. The van der Waals surface area contributed by atoms with E-state index in [1.807, 2.05) is 18.2 Å². The maximum atomic E-state index is 12.2. The minimum absolute atomic E-state index is 0.272. The van der Waals surface area contributed by atoms with Gasteiger partial charge in [-0.15, -0.1) is 5.92 Å². The van der Waals surface area contributed by atoms with Crippen LogP contribution in [0, 0.1) is 11.8 Å². The molecule has 5 heteroatoms. The number of phosphoric acid groups is 1. The molecule has 0 saturated heterocycles. The molecule has 122 valence electrons. The fourth-order valence-corrected chi connectivity index (χ4v) is 3.14. The Morgan fingerprint density at radius 3 is 2.36 bits per heavy atom. The Morgan fingerprint density at radius 2 is 1.77 bits per heavy atom. The number of hydrogen-bond donors (Lipinski definition) is 0. The summed E-state index contributed by atoms with van der Waals surface area (Å²) in [7, 11) is -3.48. The highest BCUT2D eigenvalue weighted by Gasteiger charge is 2.27. The third-order valence-corrected chi connectivity index (χ3v) is 4.50. The minimum atomic E-state index is -3.48. The predicted octanol–water partition coefficient (Wildman–Crippen LogP) is 4.60. The van der Waals surface area contributed by atoms with Gasteiger partial charge >= 0.3 is 7.82 Å². The van der Waals surface area contributed by atoms with Gasteiger partial charge in [0.2, 0.25) is 0 Å². The van der Waals surface area contributed by atoms with E-state index in [9.17, 15) is 4.57 Å². The number of hydrogen-bond acceptors (Lipinski definition) is 4. The second-order valence-corrected chi connectivity index (χ2v) is 6.31. The summed E-state index contributed by atoms with van der Waals surface area (Å²) in [6.07, 6.45) is 2.27. The van der Waals surface area contributed by atoms with Crippen LogP contribution in [0.4, 0.5) is 0 Å². The summed E-state index contributed by atoms with van der Waals surface area (Å²) in [5.74, 6) is 5.99. The molecule has 1 atom stereocenters. The Balaban J connectivity index is 2.35. The molecule has 0 spiro atoms. The molecule has 22 heavy (non-hydrogen) atoms. The van der Waals surface area contributed by atoms with Crippen molar-refractivity contribution >= 4 is 7.82 Å². The molecule has 1 rings (SSSR count). The molecule has 1 aromatic carbocycles. The molecular weight excluding hydrogens is 299 g/mol. The molecule has 0 N–H and O–H groups in total. The largest absolute Gasteiger partial charge is 0.475 e. The summed E-state index contributed by atoms with van der Waals surface area (Å²) < 4.78 is 27.6. The molecule has 0 heterocycles. The molecule has 1 unspecified atom stereocenters. The highest BCUT2D eigenvalue weighted by molar-refractivity contribution is 7.48. The number of rotatable bonds is 9. The van der Waals surface area contributed by atoms with E-state index in [0.717, 1.165) is 19.3 Å². The lowest BCUT2D eigenvalue weighted by atomic mass is 10.1. The van der Waals surface area contributed by atoms with Crippen molar-refractivity contribution in [1.82, 2.24) is 0 Å². The van der Waals surface area contributed by atoms with Gasteiger partial charge in [-0.2, -0.15) is 0 Å². The average Bonchev–Trinajstić information content (AvgIpc) is 2.48. The van der Waals surface area contributed by atoms with Crippen molar-refractivity contribution in [2.45, 2.75) is 46.1 Å². The Hall–Kier alpha value is -1.11. The van der Waals surface area contributed by atoms with Crippen molar-refractivity contribution in [1.29, 1.82) is 0 Å². The van der Waals surface area contributed by atoms with Crippen LogP contribution in [-0.2, 0) is 24.6 Å². The maximum Gasteiger partial charge on any atom is 0.475 e. The van der Waals surface area contributed by atoms with Crippen molar-refractivity contribution in [3.05, 3.63) is 35.9 Å². The topological polar surface area (TPSA) is 44.8 Å². The maximum absolute atomic E-state index is 12.2. The Labute approximate surface area is 133 Å². The fourth-order valence-electron chi connectivity index (χ4n) is 1.88. The third kappa shape index (κ3) is 7.77. The quantitative estimate of drug-likeness (QED) is 0.378. The highest BCUT2D eigenvalue weighted by atomic mass is 31.2.